The Morgan fingerprint density at radius 2 is 1.52 bits per heavy atom. The summed E-state index contributed by atoms with van der Waals surface area (Å²) in [6.45, 7) is 14.9. The molecule has 0 heterocycles. The van der Waals surface area contributed by atoms with Crippen LogP contribution in [0.25, 0.3) is 0 Å². The van der Waals surface area contributed by atoms with E-state index in [-0.39, 0.29) is 0 Å². The van der Waals surface area contributed by atoms with Crippen LogP contribution in [0.3, 0.4) is 0 Å². The lowest BCUT2D eigenvalue weighted by Crippen LogP contribution is -2.34. The first-order valence-corrected chi connectivity index (χ1v) is 8.73. The van der Waals surface area contributed by atoms with Gasteiger partial charge in [-0.05, 0) is 81.0 Å². The van der Waals surface area contributed by atoms with Crippen LogP contribution in [-0.2, 0) is 0 Å². The number of benzene rings is 1. The molecule has 1 aliphatic carbocycles. The lowest BCUT2D eigenvalue weighted by molar-refractivity contribution is 0.177. The molecule has 0 radical (unpaired) electrons. The van der Waals surface area contributed by atoms with Crippen molar-refractivity contribution in [2.24, 2.45) is 17.8 Å². The molecular weight excluding hydrogens is 254 g/mol. The second-order valence-corrected chi connectivity index (χ2v) is 7.53. The highest BCUT2D eigenvalue weighted by molar-refractivity contribution is 5.40. The Bertz CT molecular complexity index is 444. The highest BCUT2D eigenvalue weighted by Crippen LogP contribution is 2.41. The third-order valence-electron chi connectivity index (χ3n) is 5.16. The number of nitrogens with one attached hydrogen (secondary N) is 1. The van der Waals surface area contributed by atoms with Crippen molar-refractivity contribution in [1.29, 1.82) is 0 Å². The summed E-state index contributed by atoms with van der Waals surface area (Å²) in [6.07, 6.45) is 4.14. The van der Waals surface area contributed by atoms with E-state index < -0.39 is 0 Å². The first kappa shape index (κ1) is 16.5. The molecule has 0 bridgehead atoms. The zero-order valence-electron chi connectivity index (χ0n) is 14.8. The van der Waals surface area contributed by atoms with Crippen molar-refractivity contribution in [3.05, 3.63) is 34.4 Å². The van der Waals surface area contributed by atoms with Gasteiger partial charge in [0.05, 0.1) is 0 Å². The Morgan fingerprint density at radius 3 is 2.00 bits per heavy atom. The van der Waals surface area contributed by atoms with E-state index in [1.165, 1.54) is 36.0 Å². The molecule has 0 amide bonds. The average molecular weight is 287 g/mol. The quantitative estimate of drug-likeness (QED) is 0.788. The zero-order chi connectivity index (χ0) is 15.6. The fourth-order valence-electron chi connectivity index (χ4n) is 4.69. The maximum Gasteiger partial charge on any atom is 0.0354 e. The van der Waals surface area contributed by atoms with Gasteiger partial charge in [-0.3, -0.25) is 0 Å². The van der Waals surface area contributed by atoms with Gasteiger partial charge in [0.2, 0.25) is 0 Å². The van der Waals surface area contributed by atoms with Crippen molar-refractivity contribution in [2.75, 3.05) is 6.54 Å². The minimum Gasteiger partial charge on any atom is -0.310 e. The van der Waals surface area contributed by atoms with Gasteiger partial charge in [-0.1, -0.05) is 38.5 Å². The molecule has 3 atom stereocenters. The predicted octanol–water partition coefficient (Wildman–Crippen LogP) is 5.33. The van der Waals surface area contributed by atoms with Gasteiger partial charge in [-0.15, -0.1) is 0 Å². The van der Waals surface area contributed by atoms with E-state index in [1.807, 2.05) is 0 Å². The van der Waals surface area contributed by atoms with Gasteiger partial charge in [-0.25, -0.2) is 0 Å². The molecule has 0 aliphatic heterocycles. The summed E-state index contributed by atoms with van der Waals surface area (Å²) in [4.78, 5) is 0. The molecule has 0 saturated heterocycles. The lowest BCUT2D eigenvalue weighted by atomic mass is 9.71. The topological polar surface area (TPSA) is 12.0 Å². The fourth-order valence-corrected chi connectivity index (χ4v) is 4.69. The third kappa shape index (κ3) is 3.88. The molecule has 1 aromatic carbocycles. The van der Waals surface area contributed by atoms with Crippen LogP contribution in [-0.4, -0.2) is 6.54 Å². The normalized spacial score (nSPS) is 27.6. The van der Waals surface area contributed by atoms with Crippen molar-refractivity contribution in [3.63, 3.8) is 0 Å². The Kier molecular flexibility index (Phi) is 5.48. The van der Waals surface area contributed by atoms with Crippen LogP contribution < -0.4 is 5.32 Å². The van der Waals surface area contributed by atoms with Gasteiger partial charge < -0.3 is 5.32 Å². The summed E-state index contributed by atoms with van der Waals surface area (Å²) >= 11 is 0. The summed E-state index contributed by atoms with van der Waals surface area (Å²) in [5.74, 6) is 2.51. The zero-order valence-corrected chi connectivity index (χ0v) is 14.8. The van der Waals surface area contributed by atoms with E-state index in [2.05, 4.69) is 59.0 Å². The molecule has 1 saturated carbocycles. The summed E-state index contributed by atoms with van der Waals surface area (Å²) in [7, 11) is 0. The average Bonchev–Trinajstić information content (AvgIpc) is 2.35. The predicted molar refractivity (Wildman–Crippen MR) is 92.7 cm³/mol. The lowest BCUT2D eigenvalue weighted by Gasteiger charge is -2.38. The minimum absolute atomic E-state index is 0.529. The van der Waals surface area contributed by atoms with Gasteiger partial charge in [0, 0.05) is 6.04 Å². The van der Waals surface area contributed by atoms with Crippen molar-refractivity contribution in [2.45, 2.75) is 66.8 Å². The van der Waals surface area contributed by atoms with Crippen LogP contribution in [0.15, 0.2) is 12.1 Å². The van der Waals surface area contributed by atoms with E-state index in [9.17, 15) is 0 Å². The molecular formula is C20H33N. The van der Waals surface area contributed by atoms with E-state index in [4.69, 9.17) is 0 Å². The Morgan fingerprint density at radius 1 is 1.00 bits per heavy atom. The molecule has 1 heteroatoms. The molecule has 1 nitrogen and oxygen atoms in total. The molecule has 0 spiro atoms. The first-order valence-electron chi connectivity index (χ1n) is 8.73. The number of aryl methyl sites for hydroxylation is 3. The van der Waals surface area contributed by atoms with Crippen LogP contribution in [0.2, 0.25) is 0 Å². The SMILES string of the molecule is CCNC(c1c(C)cc(C)cc1C)C1CC(C)CC(C)C1. The molecule has 1 fully saturated rings. The Labute approximate surface area is 131 Å². The van der Waals surface area contributed by atoms with Crippen LogP contribution in [0, 0.1) is 38.5 Å². The molecule has 1 aliphatic rings. The number of rotatable bonds is 4. The summed E-state index contributed by atoms with van der Waals surface area (Å²) in [5, 5.41) is 3.81. The molecule has 1 aromatic rings. The molecule has 2 rings (SSSR count). The van der Waals surface area contributed by atoms with E-state index in [0.717, 1.165) is 24.3 Å². The molecule has 0 aromatic heterocycles. The van der Waals surface area contributed by atoms with Gasteiger partial charge >= 0.3 is 0 Å². The Balaban J connectivity index is 2.35. The molecule has 3 unspecified atom stereocenters. The van der Waals surface area contributed by atoms with Crippen LogP contribution in [0.4, 0.5) is 0 Å². The van der Waals surface area contributed by atoms with Crippen LogP contribution in [0.1, 0.15) is 68.3 Å². The number of hydrogen-bond acceptors (Lipinski definition) is 1. The smallest absolute Gasteiger partial charge is 0.0354 e. The maximum absolute atomic E-state index is 3.81. The largest absolute Gasteiger partial charge is 0.310 e. The number of hydrogen-bond donors (Lipinski definition) is 1. The van der Waals surface area contributed by atoms with Crippen LogP contribution in [0.5, 0.6) is 0 Å². The second kappa shape index (κ2) is 6.96. The van der Waals surface area contributed by atoms with E-state index in [0.29, 0.717) is 6.04 Å². The van der Waals surface area contributed by atoms with Crippen molar-refractivity contribution in [3.8, 4) is 0 Å². The highest BCUT2D eigenvalue weighted by Gasteiger charge is 2.31. The highest BCUT2D eigenvalue weighted by atomic mass is 14.9. The molecule has 21 heavy (non-hydrogen) atoms. The van der Waals surface area contributed by atoms with E-state index in [1.54, 1.807) is 5.56 Å². The first-order chi connectivity index (χ1) is 9.92. The van der Waals surface area contributed by atoms with Gasteiger partial charge in [-0.2, -0.15) is 0 Å². The summed E-state index contributed by atoms with van der Waals surface area (Å²) in [5.41, 5.74) is 5.87. The van der Waals surface area contributed by atoms with E-state index >= 15 is 0 Å². The fraction of sp³-hybridized carbons (Fsp3) is 0.700. The standard InChI is InChI=1S/C20H33N/c1-7-21-20(18-11-13(2)8-14(3)12-18)19-16(5)9-15(4)10-17(19)6/h9-10,13-14,18,20-21H,7-8,11-12H2,1-6H3. The summed E-state index contributed by atoms with van der Waals surface area (Å²) in [6, 6.07) is 5.23. The van der Waals surface area contributed by atoms with Crippen molar-refractivity contribution < 1.29 is 0 Å². The molecule has 1 N–H and O–H groups in total. The van der Waals surface area contributed by atoms with Gasteiger partial charge in [0.1, 0.15) is 0 Å². The van der Waals surface area contributed by atoms with Gasteiger partial charge in [0.15, 0.2) is 0 Å². The second-order valence-electron chi connectivity index (χ2n) is 7.53. The van der Waals surface area contributed by atoms with Crippen LogP contribution >= 0.6 is 0 Å². The monoisotopic (exact) mass is 287 g/mol. The summed E-state index contributed by atoms with van der Waals surface area (Å²) < 4.78 is 0. The molecule has 118 valence electrons. The van der Waals surface area contributed by atoms with Gasteiger partial charge in [0.25, 0.3) is 0 Å². The minimum atomic E-state index is 0.529. The maximum atomic E-state index is 3.81. The van der Waals surface area contributed by atoms with Crippen molar-refractivity contribution >= 4 is 0 Å². The Hall–Kier alpha value is -0.820. The third-order valence-corrected chi connectivity index (χ3v) is 5.16. The van der Waals surface area contributed by atoms with Crippen molar-refractivity contribution in [1.82, 2.24) is 5.32 Å².